The van der Waals surface area contributed by atoms with Crippen molar-refractivity contribution in [3.8, 4) is 5.75 Å². The predicted molar refractivity (Wildman–Crippen MR) is 61.5 cm³/mol. The van der Waals surface area contributed by atoms with Crippen molar-refractivity contribution in [2.75, 3.05) is 6.54 Å². The van der Waals surface area contributed by atoms with Crippen LogP contribution in [0.4, 0.5) is 0 Å². The summed E-state index contributed by atoms with van der Waals surface area (Å²) in [5.74, 6) is -0.102. The van der Waals surface area contributed by atoms with Crippen LogP contribution in [0, 0.1) is 5.92 Å². The van der Waals surface area contributed by atoms with Crippen molar-refractivity contribution in [2.45, 2.75) is 11.8 Å². The molecular formula is C11H13NO3S. The summed E-state index contributed by atoms with van der Waals surface area (Å²) in [6.07, 6.45) is 0. The van der Waals surface area contributed by atoms with E-state index in [1.165, 1.54) is 23.6 Å². The predicted octanol–water partition coefficient (Wildman–Crippen LogP) is 1.12. The Morgan fingerprint density at radius 1 is 1.44 bits per heavy atom. The molecule has 0 spiro atoms. The van der Waals surface area contributed by atoms with Gasteiger partial charge in [0.05, 0.1) is 4.90 Å². The van der Waals surface area contributed by atoms with Gasteiger partial charge in [-0.1, -0.05) is 13.0 Å². The number of hydrogen-bond donors (Lipinski definition) is 2. The fraction of sp³-hybridized carbons (Fsp3) is 0.273. The van der Waals surface area contributed by atoms with Crippen LogP contribution in [-0.2, 0) is 9.84 Å². The summed E-state index contributed by atoms with van der Waals surface area (Å²) < 4.78 is 23.6. The molecule has 16 heavy (non-hydrogen) atoms. The summed E-state index contributed by atoms with van der Waals surface area (Å²) in [6, 6.07) is 4.50. The van der Waals surface area contributed by atoms with Crippen molar-refractivity contribution in [3.63, 3.8) is 0 Å². The standard InChI is InChI=1S/C11H13NO3S/c1-7(5-12)8-6-16(14,15)10-4-2-3-9(13)11(8)10/h2-4,6-7,13H,5,12H2,1H3. The fourth-order valence-corrected chi connectivity index (χ4v) is 3.41. The van der Waals surface area contributed by atoms with E-state index in [2.05, 4.69) is 0 Å². The zero-order valence-corrected chi connectivity index (χ0v) is 9.66. The highest BCUT2D eigenvalue weighted by Crippen LogP contribution is 2.41. The lowest BCUT2D eigenvalue weighted by Crippen LogP contribution is -2.11. The molecule has 4 nitrogen and oxygen atoms in total. The number of hydrogen-bond acceptors (Lipinski definition) is 4. The van der Waals surface area contributed by atoms with Gasteiger partial charge in [0.25, 0.3) is 0 Å². The summed E-state index contributed by atoms with van der Waals surface area (Å²) in [7, 11) is -3.41. The molecule has 1 heterocycles. The molecule has 0 amide bonds. The molecule has 1 aliphatic heterocycles. The second kappa shape index (κ2) is 3.61. The summed E-state index contributed by atoms with van der Waals surface area (Å²) >= 11 is 0. The largest absolute Gasteiger partial charge is 0.507 e. The first-order valence-corrected chi connectivity index (χ1v) is 6.51. The molecule has 0 bridgehead atoms. The maximum Gasteiger partial charge on any atom is 0.200 e. The molecular weight excluding hydrogens is 226 g/mol. The van der Waals surface area contributed by atoms with Gasteiger partial charge in [-0.3, -0.25) is 0 Å². The molecule has 86 valence electrons. The van der Waals surface area contributed by atoms with Gasteiger partial charge in [0.2, 0.25) is 9.84 Å². The molecule has 0 saturated carbocycles. The minimum atomic E-state index is -3.41. The number of phenols is 1. The third-order valence-electron chi connectivity index (χ3n) is 2.77. The first kappa shape index (κ1) is 11.2. The monoisotopic (exact) mass is 239 g/mol. The van der Waals surface area contributed by atoms with Crippen LogP contribution in [-0.4, -0.2) is 20.1 Å². The molecule has 1 unspecified atom stereocenters. The minimum Gasteiger partial charge on any atom is -0.507 e. The van der Waals surface area contributed by atoms with Crippen molar-refractivity contribution in [2.24, 2.45) is 11.7 Å². The Morgan fingerprint density at radius 2 is 2.12 bits per heavy atom. The molecule has 1 atom stereocenters. The van der Waals surface area contributed by atoms with Crippen LogP contribution in [0.2, 0.25) is 0 Å². The smallest absolute Gasteiger partial charge is 0.200 e. The average Bonchev–Trinajstić information content (AvgIpc) is 2.52. The average molecular weight is 239 g/mol. The van der Waals surface area contributed by atoms with Crippen molar-refractivity contribution in [1.29, 1.82) is 0 Å². The van der Waals surface area contributed by atoms with E-state index in [1.807, 2.05) is 6.92 Å². The van der Waals surface area contributed by atoms with Gasteiger partial charge in [-0.05, 0) is 30.2 Å². The highest BCUT2D eigenvalue weighted by Gasteiger charge is 2.31. The second-order valence-electron chi connectivity index (χ2n) is 3.91. The van der Waals surface area contributed by atoms with Gasteiger partial charge in [-0.15, -0.1) is 0 Å². The van der Waals surface area contributed by atoms with E-state index < -0.39 is 9.84 Å². The van der Waals surface area contributed by atoms with E-state index in [0.29, 0.717) is 17.7 Å². The van der Waals surface area contributed by atoms with E-state index in [0.717, 1.165) is 0 Å². The van der Waals surface area contributed by atoms with E-state index in [9.17, 15) is 13.5 Å². The summed E-state index contributed by atoms with van der Waals surface area (Å²) in [5.41, 5.74) is 6.53. The molecule has 2 rings (SSSR count). The SMILES string of the molecule is CC(CN)C1=CS(=O)(=O)c2cccc(O)c21. The van der Waals surface area contributed by atoms with E-state index in [1.54, 1.807) is 0 Å². The normalized spacial score (nSPS) is 19.0. The van der Waals surface area contributed by atoms with Crippen LogP contribution in [0.1, 0.15) is 12.5 Å². The number of sulfone groups is 1. The number of phenolic OH excluding ortho intramolecular Hbond substituents is 1. The first-order valence-electron chi connectivity index (χ1n) is 4.96. The molecule has 3 N–H and O–H groups in total. The van der Waals surface area contributed by atoms with E-state index >= 15 is 0 Å². The summed E-state index contributed by atoms with van der Waals surface area (Å²) in [6.45, 7) is 2.18. The lowest BCUT2D eigenvalue weighted by Gasteiger charge is -2.11. The zero-order valence-electron chi connectivity index (χ0n) is 8.84. The molecule has 5 heteroatoms. The van der Waals surface area contributed by atoms with Gasteiger partial charge in [0.1, 0.15) is 5.75 Å². The lowest BCUT2D eigenvalue weighted by atomic mass is 9.95. The molecule has 0 aliphatic carbocycles. The Labute approximate surface area is 94.3 Å². The highest BCUT2D eigenvalue weighted by atomic mass is 32.2. The Balaban J connectivity index is 2.72. The van der Waals surface area contributed by atoms with Crippen LogP contribution < -0.4 is 5.73 Å². The lowest BCUT2D eigenvalue weighted by molar-refractivity contribution is 0.470. The van der Waals surface area contributed by atoms with Crippen molar-refractivity contribution in [3.05, 3.63) is 29.2 Å². The Bertz CT molecular complexity index is 561. The number of aromatic hydroxyl groups is 1. The minimum absolute atomic E-state index is 0.00914. The maximum absolute atomic E-state index is 11.8. The van der Waals surface area contributed by atoms with Gasteiger partial charge in [0.15, 0.2) is 0 Å². The van der Waals surface area contributed by atoms with Crippen molar-refractivity contribution < 1.29 is 13.5 Å². The van der Waals surface area contributed by atoms with Crippen molar-refractivity contribution in [1.82, 2.24) is 0 Å². The summed E-state index contributed by atoms with van der Waals surface area (Å²) in [5, 5.41) is 10.9. The van der Waals surface area contributed by atoms with Crippen LogP contribution in [0.5, 0.6) is 5.75 Å². The molecule has 1 aliphatic rings. The Morgan fingerprint density at radius 3 is 2.75 bits per heavy atom. The second-order valence-corrected chi connectivity index (χ2v) is 5.67. The van der Waals surface area contributed by atoms with Gasteiger partial charge in [-0.25, -0.2) is 8.42 Å². The quantitative estimate of drug-likeness (QED) is 0.810. The van der Waals surface area contributed by atoms with E-state index in [4.69, 9.17) is 5.73 Å². The zero-order chi connectivity index (χ0) is 11.9. The number of nitrogens with two attached hydrogens (primary N) is 1. The maximum atomic E-state index is 11.8. The number of fused-ring (bicyclic) bond motifs is 1. The first-order chi connectivity index (χ1) is 7.47. The third-order valence-corrected chi connectivity index (χ3v) is 4.28. The molecule has 0 fully saturated rings. The van der Waals surface area contributed by atoms with Gasteiger partial charge in [-0.2, -0.15) is 0 Å². The van der Waals surface area contributed by atoms with Crippen LogP contribution in [0.3, 0.4) is 0 Å². The fourth-order valence-electron chi connectivity index (χ4n) is 1.83. The molecule has 0 saturated heterocycles. The van der Waals surface area contributed by atoms with Crippen LogP contribution in [0.15, 0.2) is 28.5 Å². The highest BCUT2D eigenvalue weighted by molar-refractivity contribution is 7.95. The van der Waals surface area contributed by atoms with Gasteiger partial charge < -0.3 is 10.8 Å². The Kier molecular flexibility index (Phi) is 2.52. The molecule has 1 aromatic carbocycles. The molecule has 0 aromatic heterocycles. The van der Waals surface area contributed by atoms with Gasteiger partial charge >= 0.3 is 0 Å². The summed E-state index contributed by atoms with van der Waals surface area (Å²) in [4.78, 5) is 0.169. The van der Waals surface area contributed by atoms with Gasteiger partial charge in [0, 0.05) is 11.0 Å². The molecule has 0 radical (unpaired) electrons. The van der Waals surface area contributed by atoms with Crippen LogP contribution >= 0.6 is 0 Å². The molecule has 1 aromatic rings. The van der Waals surface area contributed by atoms with Crippen molar-refractivity contribution >= 4 is 15.4 Å². The van der Waals surface area contributed by atoms with Crippen LogP contribution in [0.25, 0.3) is 5.57 Å². The number of rotatable bonds is 2. The topological polar surface area (TPSA) is 80.4 Å². The number of benzene rings is 1. The third kappa shape index (κ3) is 1.52. The van der Waals surface area contributed by atoms with E-state index in [-0.39, 0.29) is 16.6 Å². The Hall–Kier alpha value is -1.33.